The Kier molecular flexibility index (Phi) is 13.6. The van der Waals surface area contributed by atoms with Gasteiger partial charge in [-0.05, 0) is 13.0 Å². The lowest BCUT2D eigenvalue weighted by atomic mass is 10.3. The largest absolute Gasteiger partial charge is 0.345 e. The summed E-state index contributed by atoms with van der Waals surface area (Å²) >= 11 is 0. The smallest absolute Gasteiger partial charge is 0.318 e. The SMILES string of the molecule is CC.CC.CCN1CCC(OC(F)F)C1. The van der Waals surface area contributed by atoms with Crippen molar-refractivity contribution in [3.05, 3.63) is 0 Å². The zero-order valence-electron chi connectivity index (χ0n) is 10.6. The highest BCUT2D eigenvalue weighted by Gasteiger charge is 2.24. The lowest BCUT2D eigenvalue weighted by molar-refractivity contribution is -0.158. The summed E-state index contributed by atoms with van der Waals surface area (Å²) in [6, 6.07) is 0. The quantitative estimate of drug-likeness (QED) is 0.730. The molecule has 1 aliphatic rings. The average Bonchev–Trinajstić information content (AvgIpc) is 2.70. The van der Waals surface area contributed by atoms with E-state index in [0.717, 1.165) is 19.5 Å². The first-order chi connectivity index (χ1) is 7.22. The van der Waals surface area contributed by atoms with Crippen molar-refractivity contribution in [2.45, 2.75) is 53.8 Å². The summed E-state index contributed by atoms with van der Waals surface area (Å²) in [7, 11) is 0. The molecule has 94 valence electrons. The second-order valence-corrected chi connectivity index (χ2v) is 2.70. The number of alkyl halides is 2. The van der Waals surface area contributed by atoms with Gasteiger partial charge < -0.3 is 9.64 Å². The second-order valence-electron chi connectivity index (χ2n) is 2.70. The van der Waals surface area contributed by atoms with Crippen molar-refractivity contribution in [3.63, 3.8) is 0 Å². The Morgan fingerprint density at radius 2 is 1.80 bits per heavy atom. The molecule has 1 unspecified atom stereocenters. The molecular weight excluding hydrogens is 200 g/mol. The van der Waals surface area contributed by atoms with Crippen LogP contribution in [0, 0.1) is 0 Å². The molecule has 1 fully saturated rings. The van der Waals surface area contributed by atoms with Gasteiger partial charge in [-0.25, -0.2) is 0 Å². The van der Waals surface area contributed by atoms with E-state index in [1.165, 1.54) is 0 Å². The standard InChI is InChI=1S/C7H13F2NO.2C2H6/c1-2-10-4-3-6(5-10)11-7(8)9;2*1-2/h6-7H,2-5H2,1H3;2*1-2H3. The number of likely N-dealkylation sites (N-methyl/N-ethyl adjacent to an activating group) is 1. The third kappa shape index (κ3) is 8.75. The Labute approximate surface area is 92.6 Å². The molecule has 1 aliphatic heterocycles. The molecule has 1 saturated heterocycles. The van der Waals surface area contributed by atoms with Crippen LogP contribution in [0.1, 0.15) is 41.0 Å². The lowest BCUT2D eigenvalue weighted by Crippen LogP contribution is -2.24. The maximum atomic E-state index is 11.7. The van der Waals surface area contributed by atoms with Gasteiger partial charge >= 0.3 is 6.61 Å². The van der Waals surface area contributed by atoms with Gasteiger partial charge in [0.05, 0.1) is 6.10 Å². The summed E-state index contributed by atoms with van der Waals surface area (Å²) in [6.07, 6.45) is 0.480. The second kappa shape index (κ2) is 11.9. The van der Waals surface area contributed by atoms with E-state index in [2.05, 4.69) is 9.64 Å². The van der Waals surface area contributed by atoms with Crippen LogP contribution >= 0.6 is 0 Å². The predicted octanol–water partition coefficient (Wildman–Crippen LogP) is 3.37. The molecule has 2 nitrogen and oxygen atoms in total. The highest BCUT2D eigenvalue weighted by molar-refractivity contribution is 4.74. The number of halogens is 2. The normalized spacial score (nSPS) is 20.4. The van der Waals surface area contributed by atoms with Gasteiger partial charge in [0.15, 0.2) is 0 Å². The number of rotatable bonds is 3. The van der Waals surface area contributed by atoms with E-state index in [1.807, 2.05) is 34.6 Å². The highest BCUT2D eigenvalue weighted by atomic mass is 19.3. The van der Waals surface area contributed by atoms with Crippen LogP contribution in [0.25, 0.3) is 0 Å². The van der Waals surface area contributed by atoms with Gasteiger partial charge in [-0.15, -0.1) is 0 Å². The van der Waals surface area contributed by atoms with Crippen molar-refractivity contribution in [2.24, 2.45) is 0 Å². The van der Waals surface area contributed by atoms with Gasteiger partial charge in [0.25, 0.3) is 0 Å². The molecule has 1 rings (SSSR count). The maximum absolute atomic E-state index is 11.7. The van der Waals surface area contributed by atoms with Gasteiger partial charge in [-0.3, -0.25) is 0 Å². The number of ether oxygens (including phenoxy) is 1. The minimum absolute atomic E-state index is 0.255. The third-order valence-electron chi connectivity index (χ3n) is 1.97. The first kappa shape index (κ1) is 17.2. The van der Waals surface area contributed by atoms with E-state index in [4.69, 9.17) is 0 Å². The zero-order chi connectivity index (χ0) is 12.3. The van der Waals surface area contributed by atoms with Crippen molar-refractivity contribution in [2.75, 3.05) is 19.6 Å². The van der Waals surface area contributed by atoms with Gasteiger partial charge in [0, 0.05) is 13.1 Å². The van der Waals surface area contributed by atoms with Crippen LogP contribution in [-0.2, 0) is 4.74 Å². The van der Waals surface area contributed by atoms with E-state index >= 15 is 0 Å². The summed E-state index contributed by atoms with van der Waals surface area (Å²) in [5.41, 5.74) is 0. The van der Waals surface area contributed by atoms with E-state index < -0.39 is 6.61 Å². The molecule has 1 atom stereocenters. The molecule has 0 aliphatic carbocycles. The Balaban J connectivity index is 0. The van der Waals surface area contributed by atoms with Crippen LogP contribution in [0.5, 0.6) is 0 Å². The molecule has 0 spiro atoms. The predicted molar refractivity (Wildman–Crippen MR) is 60.3 cm³/mol. The van der Waals surface area contributed by atoms with Crippen LogP contribution in [0.2, 0.25) is 0 Å². The molecule has 0 bridgehead atoms. The highest BCUT2D eigenvalue weighted by Crippen LogP contribution is 2.14. The lowest BCUT2D eigenvalue weighted by Gasteiger charge is -2.12. The Morgan fingerprint density at radius 1 is 1.27 bits per heavy atom. The monoisotopic (exact) mass is 225 g/mol. The van der Waals surface area contributed by atoms with E-state index in [1.54, 1.807) is 0 Å². The van der Waals surface area contributed by atoms with Crippen LogP contribution in [0.4, 0.5) is 8.78 Å². The zero-order valence-corrected chi connectivity index (χ0v) is 10.6. The first-order valence-electron chi connectivity index (χ1n) is 5.88. The van der Waals surface area contributed by atoms with Crippen LogP contribution in [0.3, 0.4) is 0 Å². The van der Waals surface area contributed by atoms with Crippen molar-refractivity contribution in [1.29, 1.82) is 0 Å². The van der Waals surface area contributed by atoms with E-state index in [9.17, 15) is 8.78 Å². The Hall–Kier alpha value is -0.220. The summed E-state index contributed by atoms with van der Waals surface area (Å²) < 4.78 is 27.7. The number of nitrogens with zero attached hydrogens (tertiary/aromatic N) is 1. The van der Waals surface area contributed by atoms with Gasteiger partial charge in [0.2, 0.25) is 0 Å². The fourth-order valence-electron chi connectivity index (χ4n) is 1.34. The number of hydrogen-bond acceptors (Lipinski definition) is 2. The topological polar surface area (TPSA) is 12.5 Å². The average molecular weight is 225 g/mol. The number of hydrogen-bond donors (Lipinski definition) is 0. The fourth-order valence-corrected chi connectivity index (χ4v) is 1.34. The molecule has 0 radical (unpaired) electrons. The maximum Gasteiger partial charge on any atom is 0.345 e. The van der Waals surface area contributed by atoms with Crippen LogP contribution in [0.15, 0.2) is 0 Å². The minimum Gasteiger partial charge on any atom is -0.318 e. The molecule has 0 aromatic rings. The molecule has 0 aromatic heterocycles. The summed E-state index contributed by atoms with van der Waals surface area (Å²) in [6.45, 7) is 9.86. The molecule has 0 amide bonds. The van der Waals surface area contributed by atoms with Crippen LogP contribution < -0.4 is 0 Å². The molecular formula is C11H25F2NO. The van der Waals surface area contributed by atoms with Gasteiger partial charge in [-0.2, -0.15) is 8.78 Å². The first-order valence-corrected chi connectivity index (χ1v) is 5.88. The van der Waals surface area contributed by atoms with Crippen molar-refractivity contribution < 1.29 is 13.5 Å². The molecule has 1 heterocycles. The summed E-state index contributed by atoms with van der Waals surface area (Å²) in [5, 5.41) is 0. The molecule has 0 saturated carbocycles. The Morgan fingerprint density at radius 3 is 2.13 bits per heavy atom. The summed E-state index contributed by atoms with van der Waals surface area (Å²) in [5.74, 6) is 0. The third-order valence-corrected chi connectivity index (χ3v) is 1.97. The van der Waals surface area contributed by atoms with E-state index in [-0.39, 0.29) is 6.10 Å². The molecule has 0 aromatic carbocycles. The minimum atomic E-state index is -2.61. The van der Waals surface area contributed by atoms with Crippen molar-refractivity contribution in [1.82, 2.24) is 4.90 Å². The number of likely N-dealkylation sites (tertiary alicyclic amines) is 1. The summed E-state index contributed by atoms with van der Waals surface area (Å²) in [4.78, 5) is 2.10. The molecule has 0 N–H and O–H groups in total. The molecule has 4 heteroatoms. The van der Waals surface area contributed by atoms with Gasteiger partial charge in [0.1, 0.15) is 0 Å². The van der Waals surface area contributed by atoms with Crippen molar-refractivity contribution in [3.8, 4) is 0 Å². The molecule has 15 heavy (non-hydrogen) atoms. The van der Waals surface area contributed by atoms with Crippen molar-refractivity contribution >= 4 is 0 Å². The Bertz CT molecular complexity index is 123. The fraction of sp³-hybridized carbons (Fsp3) is 1.00. The van der Waals surface area contributed by atoms with Crippen LogP contribution in [-0.4, -0.2) is 37.2 Å². The van der Waals surface area contributed by atoms with E-state index in [0.29, 0.717) is 6.54 Å². The van der Waals surface area contributed by atoms with Gasteiger partial charge in [-0.1, -0.05) is 34.6 Å².